The Kier molecular flexibility index (Phi) is 123. The fourth-order valence-electron chi connectivity index (χ4n) is 0. The second-order valence-electron chi connectivity index (χ2n) is 0. The van der Waals surface area contributed by atoms with E-state index in [0.29, 0.717) is 0 Å². The van der Waals surface area contributed by atoms with Crippen molar-refractivity contribution in [3.63, 3.8) is 0 Å². The summed E-state index contributed by atoms with van der Waals surface area (Å²) in [6.45, 7) is 0. The van der Waals surface area contributed by atoms with Gasteiger partial charge in [-0.3, -0.25) is 0 Å². The average molecular weight is 120 g/mol. The van der Waals surface area contributed by atoms with Crippen LogP contribution in [-0.4, -0.2) is 16.7 Å². The van der Waals surface area contributed by atoms with Gasteiger partial charge in [-0.1, -0.05) is 0 Å². The van der Waals surface area contributed by atoms with Crippen LogP contribution in [0.1, 0.15) is 4.28 Å². The third-order valence-electron chi connectivity index (χ3n) is 0. The van der Waals surface area contributed by atoms with E-state index in [-0.39, 0.29) is 110 Å². The van der Waals surface area contributed by atoms with Crippen LogP contribution < -0.4 is 88.7 Å². The van der Waals surface area contributed by atoms with Crippen LogP contribution in [0, 0.1) is 0 Å². The monoisotopic (exact) mass is 120 g/mol. The zero-order valence-corrected chi connectivity index (χ0v) is 12.4. The fraction of sp³-hybridized carbons (Fsp3) is 0. The van der Waals surface area contributed by atoms with E-state index in [1.807, 2.05) is 0 Å². The molecule has 0 nitrogen and oxygen atoms in total. The van der Waals surface area contributed by atoms with Crippen molar-refractivity contribution in [2.75, 3.05) is 0 Å². The summed E-state index contributed by atoms with van der Waals surface area (Å²) in [6, 6.07) is 0. The minimum Gasteiger partial charge on any atom is -1.00 e. The maximum Gasteiger partial charge on any atom is 1.00 e. The van der Waals surface area contributed by atoms with Crippen LogP contribution in [0.5, 0.6) is 0 Å². The Bertz CT molecular complexity index is 14.5. The van der Waals surface area contributed by atoms with Gasteiger partial charge < -0.3 is 7.80 Å². The van der Waals surface area contributed by atoms with Crippen LogP contribution in [0.25, 0.3) is 0 Å². The number of rotatable bonds is 0. The van der Waals surface area contributed by atoms with Crippen LogP contribution in [0.4, 0.5) is 3.52 Å². The zero-order chi connectivity index (χ0) is 2.00. The first kappa shape index (κ1) is 23.7. The molecule has 0 bridgehead atoms. The third-order valence-corrected chi connectivity index (χ3v) is 0. The summed E-state index contributed by atoms with van der Waals surface area (Å²) >= 11 is -0.194. The van der Waals surface area contributed by atoms with Gasteiger partial charge in [-0.15, -0.1) is 0 Å². The minimum absolute atomic E-state index is 0. The second-order valence-corrected chi connectivity index (χ2v) is 0. The molecule has 0 atom stereocenters. The van der Waals surface area contributed by atoms with Crippen LogP contribution in [-0.2, 0) is 0 Å². The quantitative estimate of drug-likeness (QED) is 0.278. The molecule has 0 aliphatic heterocycles. The van der Waals surface area contributed by atoms with Gasteiger partial charge in [-0.25, -0.2) is 0 Å². The largest absolute Gasteiger partial charge is 1.00 e. The maximum absolute atomic E-state index is 9.64. The molecule has 0 radical (unpaired) electrons. The molecule has 0 fully saturated rings. The van der Waals surface area contributed by atoms with Gasteiger partial charge in [-0.05, 0) is 0 Å². The molecule has 5 heavy (non-hydrogen) atoms. The van der Waals surface area contributed by atoms with Gasteiger partial charge >= 0.3 is 105 Å². The zero-order valence-electron chi connectivity index (χ0n) is 7.38. The molecular weight excluding hydrogens is 115 g/mol. The van der Waals surface area contributed by atoms with Crippen LogP contribution in [0.15, 0.2) is 0 Å². The van der Waals surface area contributed by atoms with Gasteiger partial charge in [0.25, 0.3) is 0 Å². The maximum atomic E-state index is 9.64. The van der Waals surface area contributed by atoms with Crippen molar-refractivity contribution in [1.29, 1.82) is 0 Å². The third kappa shape index (κ3) is 18.6. The average Bonchev–Trinajstić information content (AvgIpc) is 1.00. The Labute approximate surface area is 111 Å². The summed E-state index contributed by atoms with van der Waals surface area (Å²) in [5.74, 6) is 0. The molecule has 0 aliphatic carbocycles. The Balaban J connectivity index is -0.000000000333. The Morgan fingerprint density at radius 2 is 1.00 bits per heavy atom. The van der Waals surface area contributed by atoms with Crippen molar-refractivity contribution < 1.29 is 96.5 Å². The summed E-state index contributed by atoms with van der Waals surface area (Å²) < 4.78 is 9.64. The van der Waals surface area contributed by atoms with E-state index < -0.39 is 0 Å². The molecule has 0 aromatic carbocycles. The molecule has 0 saturated heterocycles. The SMILES string of the molecule is [F][AlH2].[H-].[H-].[H-].[Na+].[Na+].[Na+]. The molecule has 0 aliphatic rings. The second kappa shape index (κ2) is 26.0. The molecule has 0 aromatic heterocycles. The van der Waals surface area contributed by atoms with Crippen molar-refractivity contribution in [2.45, 2.75) is 0 Å². The van der Waals surface area contributed by atoms with Gasteiger partial charge in [0.1, 0.15) is 0 Å². The first-order valence-corrected chi connectivity index (χ1v) is 1.13. The van der Waals surface area contributed by atoms with Crippen molar-refractivity contribution in [1.82, 2.24) is 0 Å². The first-order valence-electron chi connectivity index (χ1n) is 0.378. The van der Waals surface area contributed by atoms with Crippen molar-refractivity contribution in [3.05, 3.63) is 0 Å². The van der Waals surface area contributed by atoms with E-state index in [1.54, 1.807) is 0 Å². The van der Waals surface area contributed by atoms with Crippen LogP contribution >= 0.6 is 0 Å². The van der Waals surface area contributed by atoms with Gasteiger partial charge in [-0.2, -0.15) is 0 Å². The number of halogens is 1. The molecular formula is H5AlFNa3. The molecule has 0 rings (SSSR count). The van der Waals surface area contributed by atoms with E-state index in [9.17, 15) is 3.52 Å². The molecule has 0 saturated carbocycles. The topological polar surface area (TPSA) is 0 Å². The molecule has 5 heteroatoms. The van der Waals surface area contributed by atoms with Crippen molar-refractivity contribution >= 4 is 16.7 Å². The van der Waals surface area contributed by atoms with Gasteiger partial charge in [0.15, 0.2) is 0 Å². The first-order chi connectivity index (χ1) is 1.00. The standard InChI is InChI=1S/Al.FH.3Na.5H/h;1H;;;;;;;;/q+1;;3*+1;;;3*-1/p-1. The Hall–Kier alpha value is 3.46. The summed E-state index contributed by atoms with van der Waals surface area (Å²) in [4.78, 5) is 0. The molecule has 18 valence electrons. The normalized spacial score (nSPS) is 1.00. The summed E-state index contributed by atoms with van der Waals surface area (Å²) in [7, 11) is 0. The number of hydrogen-bond donors (Lipinski definition) is 0. The van der Waals surface area contributed by atoms with E-state index in [4.69, 9.17) is 0 Å². The smallest absolute Gasteiger partial charge is 1.00 e. The van der Waals surface area contributed by atoms with Gasteiger partial charge in [0.05, 0.1) is 0 Å². The molecule has 0 aromatic rings. The fourth-order valence-corrected chi connectivity index (χ4v) is 0. The molecule has 0 heterocycles. The van der Waals surface area contributed by atoms with E-state index >= 15 is 0 Å². The predicted molar refractivity (Wildman–Crippen MR) is 13.0 cm³/mol. The van der Waals surface area contributed by atoms with Gasteiger partial charge in [0, 0.05) is 0 Å². The van der Waals surface area contributed by atoms with E-state index in [0.717, 1.165) is 0 Å². The molecule has 0 spiro atoms. The van der Waals surface area contributed by atoms with Crippen LogP contribution in [0.2, 0.25) is 0 Å². The summed E-state index contributed by atoms with van der Waals surface area (Å²) in [5.41, 5.74) is 0. The van der Waals surface area contributed by atoms with E-state index in [2.05, 4.69) is 0 Å². The van der Waals surface area contributed by atoms with Crippen LogP contribution in [0.3, 0.4) is 0 Å². The number of hydrogen-bond acceptors (Lipinski definition) is 0. The minimum atomic E-state index is -0.194. The van der Waals surface area contributed by atoms with Gasteiger partial charge in [0.2, 0.25) is 0 Å². The predicted octanol–water partition coefficient (Wildman–Crippen LogP) is -9.15. The molecule has 0 unspecified atom stereocenters. The summed E-state index contributed by atoms with van der Waals surface area (Å²) in [5, 5.41) is 0. The van der Waals surface area contributed by atoms with E-state index in [1.165, 1.54) is 0 Å². The molecule has 0 N–H and O–H groups in total. The Morgan fingerprint density at radius 1 is 1.00 bits per heavy atom. The Morgan fingerprint density at radius 3 is 1.00 bits per heavy atom. The summed E-state index contributed by atoms with van der Waals surface area (Å²) in [6.07, 6.45) is 0. The molecule has 0 amide bonds. The van der Waals surface area contributed by atoms with Crippen molar-refractivity contribution in [3.8, 4) is 0 Å². The van der Waals surface area contributed by atoms with Crippen molar-refractivity contribution in [2.24, 2.45) is 0 Å².